The summed E-state index contributed by atoms with van der Waals surface area (Å²) < 4.78 is 1.65. The highest BCUT2D eigenvalue weighted by Gasteiger charge is 2.16. The number of phenols is 1. The Bertz CT molecular complexity index is 822. The first-order valence-electron chi connectivity index (χ1n) is 7.15. The lowest BCUT2D eigenvalue weighted by molar-refractivity contribution is 0.0996. The predicted octanol–water partition coefficient (Wildman–Crippen LogP) is 3.16. The zero-order valence-corrected chi connectivity index (χ0v) is 12.9. The third-order valence-corrected chi connectivity index (χ3v) is 3.14. The third kappa shape index (κ3) is 2.79. The molecule has 3 rings (SSSR count). The molecule has 1 amide bonds. The first-order chi connectivity index (χ1) is 10.6. The Morgan fingerprint density at radius 1 is 1.18 bits per heavy atom. The van der Waals surface area contributed by atoms with Crippen molar-refractivity contribution in [2.24, 2.45) is 5.73 Å². The largest absolute Gasteiger partial charge is 0.508 e. The van der Waals surface area contributed by atoms with Crippen molar-refractivity contribution in [3.8, 4) is 11.4 Å². The van der Waals surface area contributed by atoms with Gasteiger partial charge in [-0.25, -0.2) is 4.68 Å². The van der Waals surface area contributed by atoms with Gasteiger partial charge in [-0.05, 0) is 42.8 Å². The summed E-state index contributed by atoms with van der Waals surface area (Å²) in [5, 5.41) is 14.4. The first kappa shape index (κ1) is 15.6. The van der Waals surface area contributed by atoms with Crippen molar-refractivity contribution < 1.29 is 9.90 Å². The van der Waals surface area contributed by atoms with Crippen molar-refractivity contribution >= 4 is 16.8 Å². The summed E-state index contributed by atoms with van der Waals surface area (Å²) in [5.41, 5.74) is 8.16. The Morgan fingerprint density at radius 2 is 1.91 bits per heavy atom. The summed E-state index contributed by atoms with van der Waals surface area (Å²) in [5.74, 6) is -0.546. The molecular weight excluding hydrogens is 278 g/mol. The van der Waals surface area contributed by atoms with Crippen LogP contribution in [0.3, 0.4) is 0 Å². The Kier molecular flexibility index (Phi) is 4.46. The van der Waals surface area contributed by atoms with Crippen molar-refractivity contribution in [3.63, 3.8) is 0 Å². The average molecular weight is 297 g/mol. The van der Waals surface area contributed by atoms with Crippen molar-refractivity contribution in [3.05, 3.63) is 53.7 Å². The lowest BCUT2D eigenvalue weighted by Crippen LogP contribution is -2.12. The zero-order valence-electron chi connectivity index (χ0n) is 12.9. The van der Waals surface area contributed by atoms with Crippen LogP contribution in [0.5, 0.6) is 5.75 Å². The van der Waals surface area contributed by atoms with Crippen LogP contribution in [0.2, 0.25) is 0 Å². The molecule has 0 radical (unpaired) electrons. The number of fused-ring (bicyclic) bond motifs is 1. The van der Waals surface area contributed by atoms with Crippen LogP contribution in [-0.2, 0) is 0 Å². The van der Waals surface area contributed by atoms with Gasteiger partial charge < -0.3 is 10.8 Å². The molecule has 1 aromatic heterocycles. The molecule has 1 heterocycles. The summed E-state index contributed by atoms with van der Waals surface area (Å²) in [6.07, 6.45) is 0. The standard InChI is InChI=1S/C15H13N3O2.C2H6/c1-9-3-2-4-10(7-9)18-13-6-5-11(19)8-12(13)14(17-18)15(16)20;1-2/h2-8,19H,1H3,(H2,16,20);1-2H3. The summed E-state index contributed by atoms with van der Waals surface area (Å²) in [4.78, 5) is 11.5. The lowest BCUT2D eigenvalue weighted by atomic mass is 10.2. The van der Waals surface area contributed by atoms with Gasteiger partial charge in [-0.2, -0.15) is 5.10 Å². The van der Waals surface area contributed by atoms with Gasteiger partial charge in [-0.1, -0.05) is 26.0 Å². The van der Waals surface area contributed by atoms with Crippen molar-refractivity contribution in [1.82, 2.24) is 9.78 Å². The molecule has 0 bridgehead atoms. The number of rotatable bonds is 2. The van der Waals surface area contributed by atoms with Gasteiger partial charge in [0.05, 0.1) is 11.2 Å². The van der Waals surface area contributed by atoms with Crippen LogP contribution >= 0.6 is 0 Å². The molecule has 0 aliphatic heterocycles. The van der Waals surface area contributed by atoms with E-state index in [2.05, 4.69) is 5.10 Å². The number of hydrogen-bond acceptors (Lipinski definition) is 3. The second kappa shape index (κ2) is 6.30. The zero-order chi connectivity index (χ0) is 16.3. The van der Waals surface area contributed by atoms with E-state index in [-0.39, 0.29) is 11.4 Å². The van der Waals surface area contributed by atoms with E-state index in [1.165, 1.54) is 6.07 Å². The molecule has 0 saturated carbocycles. The number of amides is 1. The molecule has 0 saturated heterocycles. The van der Waals surface area contributed by atoms with Gasteiger partial charge in [0.1, 0.15) is 5.75 Å². The molecule has 22 heavy (non-hydrogen) atoms. The van der Waals surface area contributed by atoms with Crippen molar-refractivity contribution in [2.75, 3.05) is 0 Å². The number of nitrogens with zero attached hydrogens (tertiary/aromatic N) is 2. The van der Waals surface area contributed by atoms with Crippen LogP contribution in [0.4, 0.5) is 0 Å². The second-order valence-electron chi connectivity index (χ2n) is 4.67. The van der Waals surface area contributed by atoms with Crippen LogP contribution in [-0.4, -0.2) is 20.8 Å². The number of carbonyl (C=O) groups excluding carboxylic acids is 1. The van der Waals surface area contributed by atoms with Crippen LogP contribution < -0.4 is 5.73 Å². The maximum Gasteiger partial charge on any atom is 0.269 e. The molecule has 0 aliphatic rings. The summed E-state index contributed by atoms with van der Waals surface area (Å²) >= 11 is 0. The van der Waals surface area contributed by atoms with Gasteiger partial charge in [0, 0.05) is 5.39 Å². The van der Waals surface area contributed by atoms with E-state index in [0.29, 0.717) is 5.39 Å². The van der Waals surface area contributed by atoms with Crippen LogP contribution in [0.15, 0.2) is 42.5 Å². The third-order valence-electron chi connectivity index (χ3n) is 3.14. The number of benzene rings is 2. The maximum atomic E-state index is 11.5. The number of aryl methyl sites for hydroxylation is 1. The van der Waals surface area contributed by atoms with Crippen LogP contribution in [0, 0.1) is 6.92 Å². The molecule has 0 fully saturated rings. The minimum Gasteiger partial charge on any atom is -0.508 e. The van der Waals surface area contributed by atoms with E-state index >= 15 is 0 Å². The molecule has 114 valence electrons. The number of nitrogens with two attached hydrogens (primary N) is 1. The summed E-state index contributed by atoms with van der Waals surface area (Å²) in [6.45, 7) is 5.98. The number of phenolic OH excluding ortho intramolecular Hbond substituents is 1. The fraction of sp³-hybridized carbons (Fsp3) is 0.176. The quantitative estimate of drug-likeness (QED) is 0.762. The normalized spacial score (nSPS) is 10.1. The van der Waals surface area contributed by atoms with Gasteiger partial charge in [-0.3, -0.25) is 4.79 Å². The number of aromatic nitrogens is 2. The predicted molar refractivity (Wildman–Crippen MR) is 87.3 cm³/mol. The van der Waals surface area contributed by atoms with E-state index < -0.39 is 5.91 Å². The molecule has 0 atom stereocenters. The van der Waals surface area contributed by atoms with Crippen LogP contribution in [0.25, 0.3) is 16.6 Å². The topological polar surface area (TPSA) is 81.1 Å². The van der Waals surface area contributed by atoms with Gasteiger partial charge in [0.2, 0.25) is 0 Å². The Morgan fingerprint density at radius 3 is 2.55 bits per heavy atom. The molecule has 2 aromatic carbocycles. The van der Waals surface area contributed by atoms with Crippen molar-refractivity contribution in [1.29, 1.82) is 0 Å². The Hall–Kier alpha value is -2.82. The molecule has 3 N–H and O–H groups in total. The Balaban J connectivity index is 0.000000847. The smallest absolute Gasteiger partial charge is 0.269 e. The van der Waals surface area contributed by atoms with E-state index in [0.717, 1.165) is 16.8 Å². The maximum absolute atomic E-state index is 11.5. The van der Waals surface area contributed by atoms with Gasteiger partial charge >= 0.3 is 0 Å². The fourth-order valence-electron chi connectivity index (χ4n) is 2.24. The SMILES string of the molecule is CC.Cc1cccc(-n2nc(C(N)=O)c3cc(O)ccc32)c1. The van der Waals surface area contributed by atoms with E-state index in [4.69, 9.17) is 5.73 Å². The number of hydrogen-bond donors (Lipinski definition) is 2. The fourth-order valence-corrected chi connectivity index (χ4v) is 2.24. The highest BCUT2D eigenvalue weighted by molar-refractivity contribution is 6.04. The van der Waals surface area contributed by atoms with E-state index in [1.54, 1.807) is 16.8 Å². The highest BCUT2D eigenvalue weighted by atomic mass is 16.3. The molecule has 3 aromatic rings. The minimum absolute atomic E-state index is 0.0730. The first-order valence-corrected chi connectivity index (χ1v) is 7.15. The molecule has 0 aliphatic carbocycles. The minimum atomic E-state index is -0.619. The molecule has 0 spiro atoms. The molecular formula is C17H19N3O2. The molecule has 0 unspecified atom stereocenters. The monoisotopic (exact) mass is 297 g/mol. The number of primary amides is 1. The Labute approximate surface area is 129 Å². The van der Waals surface area contributed by atoms with E-state index in [9.17, 15) is 9.90 Å². The van der Waals surface area contributed by atoms with E-state index in [1.807, 2.05) is 45.0 Å². The van der Waals surface area contributed by atoms with Gasteiger partial charge in [0.25, 0.3) is 5.91 Å². The lowest BCUT2D eigenvalue weighted by Gasteiger charge is -2.04. The molecule has 5 nitrogen and oxygen atoms in total. The van der Waals surface area contributed by atoms with Crippen molar-refractivity contribution in [2.45, 2.75) is 20.8 Å². The van der Waals surface area contributed by atoms with Gasteiger partial charge in [-0.15, -0.1) is 0 Å². The van der Waals surface area contributed by atoms with Crippen LogP contribution in [0.1, 0.15) is 29.9 Å². The van der Waals surface area contributed by atoms with Gasteiger partial charge in [0.15, 0.2) is 5.69 Å². The summed E-state index contributed by atoms with van der Waals surface area (Å²) in [7, 11) is 0. The molecule has 5 heteroatoms. The number of carbonyl (C=O) groups is 1. The second-order valence-corrected chi connectivity index (χ2v) is 4.67. The average Bonchev–Trinajstić information content (AvgIpc) is 2.88. The summed E-state index contributed by atoms with van der Waals surface area (Å²) in [6, 6.07) is 12.5. The highest BCUT2D eigenvalue weighted by Crippen LogP contribution is 2.25. The number of aromatic hydroxyl groups is 1.